The van der Waals surface area contributed by atoms with Gasteiger partial charge in [-0.1, -0.05) is 18.2 Å². The van der Waals surface area contributed by atoms with Crippen LogP contribution in [0.5, 0.6) is 0 Å². The molecule has 0 spiro atoms. The summed E-state index contributed by atoms with van der Waals surface area (Å²) in [6, 6.07) is 6.38. The van der Waals surface area contributed by atoms with Crippen LogP contribution in [0.15, 0.2) is 36.5 Å². The summed E-state index contributed by atoms with van der Waals surface area (Å²) in [5, 5.41) is 8.74. The molecule has 0 saturated carbocycles. The first-order valence-corrected chi connectivity index (χ1v) is 6.25. The Bertz CT molecular complexity index is 756. The highest BCUT2D eigenvalue weighted by molar-refractivity contribution is 5.69. The molecule has 120 valence electrons. The highest BCUT2D eigenvalue weighted by atomic mass is 19.4. The van der Waals surface area contributed by atoms with Crippen LogP contribution in [0.4, 0.5) is 26.3 Å². The minimum atomic E-state index is -4.79. The third kappa shape index (κ3) is 3.44. The van der Waals surface area contributed by atoms with Gasteiger partial charge in [-0.15, -0.1) is 0 Å². The molecule has 0 aliphatic heterocycles. The van der Waals surface area contributed by atoms with Gasteiger partial charge in [0.1, 0.15) is 0 Å². The van der Waals surface area contributed by atoms with Gasteiger partial charge in [-0.05, 0) is 12.1 Å². The molecule has 0 aliphatic carbocycles. The summed E-state index contributed by atoms with van der Waals surface area (Å²) in [4.78, 5) is 3.66. The van der Waals surface area contributed by atoms with Crippen molar-refractivity contribution in [3.05, 3.63) is 53.2 Å². The number of benzene rings is 1. The lowest BCUT2D eigenvalue weighted by molar-refractivity contribution is -0.138. The van der Waals surface area contributed by atoms with Gasteiger partial charge in [-0.25, -0.2) is 0 Å². The molecule has 1 heterocycles. The van der Waals surface area contributed by atoms with Gasteiger partial charge >= 0.3 is 12.4 Å². The second-order valence-corrected chi connectivity index (χ2v) is 4.56. The number of alkyl halides is 6. The highest BCUT2D eigenvalue weighted by Crippen LogP contribution is 2.40. The third-order valence-corrected chi connectivity index (χ3v) is 3.10. The van der Waals surface area contributed by atoms with E-state index >= 15 is 0 Å². The molecule has 0 fully saturated rings. The van der Waals surface area contributed by atoms with E-state index in [-0.39, 0.29) is 0 Å². The third-order valence-electron chi connectivity index (χ3n) is 3.10. The molecule has 0 aliphatic rings. The van der Waals surface area contributed by atoms with Crippen molar-refractivity contribution >= 4 is 0 Å². The Hall–Kier alpha value is -2.56. The number of hydrogen-bond acceptors (Lipinski definition) is 2. The summed E-state index contributed by atoms with van der Waals surface area (Å²) < 4.78 is 78.3. The first-order valence-electron chi connectivity index (χ1n) is 6.25. The van der Waals surface area contributed by atoms with Crippen LogP contribution < -0.4 is 0 Å². The maximum absolute atomic E-state index is 13.1. The highest BCUT2D eigenvalue weighted by Gasteiger charge is 2.37. The molecule has 2 aromatic rings. The Morgan fingerprint density at radius 2 is 1.52 bits per heavy atom. The second kappa shape index (κ2) is 5.91. The molecule has 0 saturated heterocycles. The minimum Gasteiger partial charge on any atom is -0.256 e. The van der Waals surface area contributed by atoms with Crippen LogP contribution in [0, 0.1) is 11.3 Å². The molecule has 0 amide bonds. The fraction of sp³-hybridized carbons (Fsp3) is 0.200. The standard InChI is InChI=1S/C15H8F6N2/c16-14(17,18)11-4-2-1-3-9(11)13-10(5-7-22)12(6-8-23-13)15(19,20)21/h1-4,6,8H,5H2. The summed E-state index contributed by atoms with van der Waals surface area (Å²) in [7, 11) is 0. The normalized spacial score (nSPS) is 12.0. The molecule has 0 radical (unpaired) electrons. The van der Waals surface area contributed by atoms with Crippen LogP contribution in [0.2, 0.25) is 0 Å². The quantitative estimate of drug-likeness (QED) is 0.738. The predicted molar refractivity (Wildman–Crippen MR) is 69.0 cm³/mol. The molecular weight excluding hydrogens is 322 g/mol. The van der Waals surface area contributed by atoms with E-state index in [0.717, 1.165) is 24.4 Å². The Balaban J connectivity index is 2.78. The van der Waals surface area contributed by atoms with E-state index in [4.69, 9.17) is 5.26 Å². The maximum atomic E-state index is 13.1. The molecule has 0 unspecified atom stereocenters. The number of nitriles is 1. The topological polar surface area (TPSA) is 36.7 Å². The smallest absolute Gasteiger partial charge is 0.256 e. The fourth-order valence-corrected chi connectivity index (χ4v) is 2.18. The van der Waals surface area contributed by atoms with Crippen molar-refractivity contribution in [2.75, 3.05) is 0 Å². The Kier molecular flexibility index (Phi) is 4.32. The van der Waals surface area contributed by atoms with Crippen molar-refractivity contribution in [3.63, 3.8) is 0 Å². The van der Waals surface area contributed by atoms with Crippen molar-refractivity contribution in [1.82, 2.24) is 4.98 Å². The molecule has 1 aromatic carbocycles. The van der Waals surface area contributed by atoms with Gasteiger partial charge in [-0.2, -0.15) is 31.6 Å². The average Bonchev–Trinajstić information content (AvgIpc) is 2.46. The molecule has 8 heteroatoms. The van der Waals surface area contributed by atoms with Gasteiger partial charge < -0.3 is 0 Å². The van der Waals surface area contributed by atoms with Gasteiger partial charge in [0.25, 0.3) is 0 Å². The zero-order valence-electron chi connectivity index (χ0n) is 11.3. The summed E-state index contributed by atoms with van der Waals surface area (Å²) in [6.45, 7) is 0. The van der Waals surface area contributed by atoms with Crippen molar-refractivity contribution < 1.29 is 26.3 Å². The van der Waals surface area contributed by atoms with Gasteiger partial charge in [-0.3, -0.25) is 4.98 Å². The van der Waals surface area contributed by atoms with Gasteiger partial charge in [0.15, 0.2) is 0 Å². The molecule has 23 heavy (non-hydrogen) atoms. The molecule has 0 atom stereocenters. The number of aromatic nitrogens is 1. The van der Waals surface area contributed by atoms with Gasteiger partial charge in [0, 0.05) is 17.3 Å². The summed E-state index contributed by atoms with van der Waals surface area (Å²) >= 11 is 0. The zero-order chi connectivity index (χ0) is 17.3. The van der Waals surface area contributed by atoms with E-state index < -0.39 is 46.7 Å². The monoisotopic (exact) mass is 330 g/mol. The number of hydrogen-bond donors (Lipinski definition) is 0. The largest absolute Gasteiger partial charge is 0.417 e. The summed E-state index contributed by atoms with van der Waals surface area (Å²) in [5.41, 5.74) is -3.82. The van der Waals surface area contributed by atoms with Crippen LogP contribution in [0.25, 0.3) is 11.3 Å². The van der Waals surface area contributed by atoms with Gasteiger partial charge in [0.2, 0.25) is 0 Å². The van der Waals surface area contributed by atoms with Crippen molar-refractivity contribution in [2.45, 2.75) is 18.8 Å². The van der Waals surface area contributed by atoms with Gasteiger partial charge in [0.05, 0.1) is 29.3 Å². The lowest BCUT2D eigenvalue weighted by Gasteiger charge is -2.17. The van der Waals surface area contributed by atoms with Crippen LogP contribution in [-0.2, 0) is 18.8 Å². The van der Waals surface area contributed by atoms with Crippen LogP contribution >= 0.6 is 0 Å². The van der Waals surface area contributed by atoms with Crippen LogP contribution in [-0.4, -0.2) is 4.98 Å². The summed E-state index contributed by atoms with van der Waals surface area (Å²) in [6.07, 6.45) is -9.47. The molecular formula is C15H8F6N2. The average molecular weight is 330 g/mol. The van der Waals surface area contributed by atoms with E-state index in [1.165, 1.54) is 6.07 Å². The SMILES string of the molecule is N#CCc1c(C(F)(F)F)ccnc1-c1ccccc1C(F)(F)F. The second-order valence-electron chi connectivity index (χ2n) is 4.56. The van der Waals surface area contributed by atoms with E-state index in [0.29, 0.717) is 6.07 Å². The minimum absolute atomic E-state index is 0.489. The van der Waals surface area contributed by atoms with E-state index in [1.54, 1.807) is 6.07 Å². The lowest BCUT2D eigenvalue weighted by Crippen LogP contribution is -2.13. The number of rotatable bonds is 2. The number of pyridine rings is 1. The molecule has 2 nitrogen and oxygen atoms in total. The molecule has 0 N–H and O–H groups in total. The van der Waals surface area contributed by atoms with E-state index in [2.05, 4.69) is 4.98 Å². The van der Waals surface area contributed by atoms with E-state index in [1.807, 2.05) is 0 Å². The van der Waals surface area contributed by atoms with E-state index in [9.17, 15) is 26.3 Å². The molecule has 0 bridgehead atoms. The first-order chi connectivity index (χ1) is 10.7. The summed E-state index contributed by atoms with van der Waals surface area (Å²) in [5.74, 6) is 0. The Labute approximate surface area is 127 Å². The van der Waals surface area contributed by atoms with Crippen molar-refractivity contribution in [1.29, 1.82) is 5.26 Å². The fourth-order valence-electron chi connectivity index (χ4n) is 2.18. The zero-order valence-corrected chi connectivity index (χ0v) is 11.3. The van der Waals surface area contributed by atoms with Crippen LogP contribution in [0.3, 0.4) is 0 Å². The lowest BCUT2D eigenvalue weighted by atomic mass is 9.95. The number of halogens is 6. The van der Waals surface area contributed by atoms with Crippen molar-refractivity contribution in [2.24, 2.45) is 0 Å². The first kappa shape index (κ1) is 16.8. The van der Waals surface area contributed by atoms with Crippen molar-refractivity contribution in [3.8, 4) is 17.3 Å². The molecule has 2 rings (SSSR count). The molecule has 1 aromatic heterocycles. The Morgan fingerprint density at radius 3 is 2.09 bits per heavy atom. The Morgan fingerprint density at radius 1 is 0.913 bits per heavy atom. The van der Waals surface area contributed by atoms with Crippen LogP contribution in [0.1, 0.15) is 16.7 Å². The number of nitrogens with zero attached hydrogens (tertiary/aromatic N) is 2. The predicted octanol–water partition coefficient (Wildman–Crippen LogP) is 4.85. The maximum Gasteiger partial charge on any atom is 0.417 e.